The minimum Gasteiger partial charge on any atom is -0.384 e. The minimum atomic E-state index is -0.412. The van der Waals surface area contributed by atoms with Gasteiger partial charge in [-0.1, -0.05) is 11.6 Å². The van der Waals surface area contributed by atoms with Crippen molar-refractivity contribution in [3.05, 3.63) is 21.3 Å². The molecule has 1 saturated heterocycles. The molecule has 4 nitrogen and oxygen atoms in total. The molecule has 0 saturated carbocycles. The number of carbonyl (C=O) groups excluding carboxylic acids is 1. The highest BCUT2D eigenvalue weighted by molar-refractivity contribution is 7.16. The number of nitrogens with zero attached hydrogens (tertiary/aromatic N) is 1. The number of methoxy groups -OCH3 is 1. The maximum Gasteiger partial charge on any atom is 0.232 e. The Morgan fingerprint density at radius 1 is 1.63 bits per heavy atom. The van der Waals surface area contributed by atoms with Crippen molar-refractivity contribution in [3.63, 3.8) is 0 Å². The van der Waals surface area contributed by atoms with Gasteiger partial charge in [0.15, 0.2) is 0 Å². The number of carbonyl (C=O) groups is 1. The topological polar surface area (TPSA) is 41.6 Å². The molecule has 1 N–H and O–H groups in total. The van der Waals surface area contributed by atoms with Gasteiger partial charge in [0.1, 0.15) is 0 Å². The van der Waals surface area contributed by atoms with Crippen molar-refractivity contribution in [2.75, 3.05) is 33.9 Å². The number of ether oxygens (including phenoxy) is 1. The zero-order valence-electron chi connectivity index (χ0n) is 11.2. The van der Waals surface area contributed by atoms with Gasteiger partial charge < -0.3 is 15.0 Å². The highest BCUT2D eigenvalue weighted by Gasteiger charge is 2.42. The van der Waals surface area contributed by atoms with Gasteiger partial charge in [-0.2, -0.15) is 0 Å². The lowest BCUT2D eigenvalue weighted by Gasteiger charge is -2.31. The number of hydrogen-bond donors (Lipinski definition) is 1. The van der Waals surface area contributed by atoms with Crippen LogP contribution in [0.15, 0.2) is 12.1 Å². The van der Waals surface area contributed by atoms with E-state index in [2.05, 4.69) is 5.32 Å². The van der Waals surface area contributed by atoms with Crippen LogP contribution in [0.4, 0.5) is 0 Å². The second kappa shape index (κ2) is 6.22. The summed E-state index contributed by atoms with van der Waals surface area (Å²) in [5.74, 6) is 0.142. The number of nitrogens with one attached hydrogen (secondary N) is 1. The fourth-order valence-corrected chi connectivity index (χ4v) is 3.68. The zero-order valence-corrected chi connectivity index (χ0v) is 12.8. The van der Waals surface area contributed by atoms with Gasteiger partial charge in [-0.15, -0.1) is 11.3 Å². The van der Waals surface area contributed by atoms with Crippen molar-refractivity contribution in [2.24, 2.45) is 5.41 Å². The number of thiophene rings is 1. The smallest absolute Gasteiger partial charge is 0.232 e. The van der Waals surface area contributed by atoms with Gasteiger partial charge in [0.05, 0.1) is 22.9 Å². The maximum absolute atomic E-state index is 12.6. The first kappa shape index (κ1) is 14.8. The molecule has 1 atom stereocenters. The Kier molecular flexibility index (Phi) is 4.84. The molecule has 0 spiro atoms. The van der Waals surface area contributed by atoms with Crippen LogP contribution in [-0.2, 0) is 16.1 Å². The number of amides is 1. The van der Waals surface area contributed by atoms with E-state index in [-0.39, 0.29) is 5.91 Å². The summed E-state index contributed by atoms with van der Waals surface area (Å²) >= 11 is 7.43. The number of hydrogen-bond acceptors (Lipinski definition) is 4. The maximum atomic E-state index is 12.6. The molecule has 6 heteroatoms. The Hall–Kier alpha value is -0.620. The van der Waals surface area contributed by atoms with Gasteiger partial charge in [0, 0.05) is 25.6 Å². The fraction of sp³-hybridized carbons (Fsp3) is 0.615. The molecule has 0 bridgehead atoms. The monoisotopic (exact) mass is 302 g/mol. The van der Waals surface area contributed by atoms with Crippen LogP contribution < -0.4 is 5.32 Å². The van der Waals surface area contributed by atoms with Crippen LogP contribution in [0.1, 0.15) is 11.3 Å². The average molecular weight is 303 g/mol. The van der Waals surface area contributed by atoms with Gasteiger partial charge in [0.2, 0.25) is 5.91 Å². The molecular weight excluding hydrogens is 284 g/mol. The van der Waals surface area contributed by atoms with Crippen molar-refractivity contribution in [1.82, 2.24) is 10.2 Å². The van der Waals surface area contributed by atoms with E-state index >= 15 is 0 Å². The Balaban J connectivity index is 2.04. The van der Waals surface area contributed by atoms with Gasteiger partial charge in [-0.3, -0.25) is 4.79 Å². The van der Waals surface area contributed by atoms with Crippen molar-refractivity contribution in [1.29, 1.82) is 0 Å². The Morgan fingerprint density at radius 3 is 2.95 bits per heavy atom. The SMILES string of the molecule is COCC1(C(=O)N(C)Cc2ccc(Cl)s2)CCNC1. The van der Waals surface area contributed by atoms with Gasteiger partial charge in [-0.25, -0.2) is 0 Å². The van der Waals surface area contributed by atoms with E-state index in [0.29, 0.717) is 19.7 Å². The van der Waals surface area contributed by atoms with E-state index in [1.807, 2.05) is 19.2 Å². The predicted molar refractivity (Wildman–Crippen MR) is 77.6 cm³/mol. The molecule has 2 heterocycles. The summed E-state index contributed by atoms with van der Waals surface area (Å²) in [7, 11) is 3.48. The first-order valence-corrected chi connectivity index (χ1v) is 7.46. The molecule has 1 amide bonds. The van der Waals surface area contributed by atoms with E-state index in [9.17, 15) is 4.79 Å². The summed E-state index contributed by atoms with van der Waals surface area (Å²) < 4.78 is 6.00. The Bertz CT molecular complexity index is 444. The molecule has 1 fully saturated rings. The summed E-state index contributed by atoms with van der Waals surface area (Å²) in [5, 5.41) is 3.26. The van der Waals surface area contributed by atoms with Crippen LogP contribution in [0.2, 0.25) is 4.34 Å². The van der Waals surface area contributed by atoms with Crippen LogP contribution in [0.5, 0.6) is 0 Å². The quantitative estimate of drug-likeness (QED) is 0.904. The third kappa shape index (κ3) is 3.28. The molecule has 1 aromatic rings. The predicted octanol–water partition coefficient (Wildman–Crippen LogP) is 1.99. The fourth-order valence-electron chi connectivity index (χ4n) is 2.53. The van der Waals surface area contributed by atoms with Crippen LogP contribution in [0.25, 0.3) is 0 Å². The number of halogens is 1. The van der Waals surface area contributed by atoms with Gasteiger partial charge >= 0.3 is 0 Å². The van der Waals surface area contributed by atoms with Crippen LogP contribution in [-0.4, -0.2) is 44.7 Å². The highest BCUT2D eigenvalue weighted by Crippen LogP contribution is 2.30. The van der Waals surface area contributed by atoms with Crippen molar-refractivity contribution in [3.8, 4) is 0 Å². The largest absolute Gasteiger partial charge is 0.384 e. The molecule has 0 aromatic carbocycles. The van der Waals surface area contributed by atoms with Crippen LogP contribution in [0, 0.1) is 5.41 Å². The molecule has 0 radical (unpaired) electrons. The lowest BCUT2D eigenvalue weighted by atomic mass is 9.86. The van der Waals surface area contributed by atoms with Crippen LogP contribution in [0.3, 0.4) is 0 Å². The van der Waals surface area contributed by atoms with Crippen molar-refractivity contribution < 1.29 is 9.53 Å². The van der Waals surface area contributed by atoms with Crippen LogP contribution >= 0.6 is 22.9 Å². The van der Waals surface area contributed by atoms with Gasteiger partial charge in [0.25, 0.3) is 0 Å². The third-order valence-corrected chi connectivity index (χ3v) is 4.70. The first-order valence-electron chi connectivity index (χ1n) is 6.27. The number of rotatable bonds is 5. The molecule has 1 aliphatic heterocycles. The van der Waals surface area contributed by atoms with E-state index < -0.39 is 5.41 Å². The van der Waals surface area contributed by atoms with E-state index in [4.69, 9.17) is 16.3 Å². The highest BCUT2D eigenvalue weighted by atomic mass is 35.5. The summed E-state index contributed by atoms with van der Waals surface area (Å²) in [6.07, 6.45) is 0.829. The van der Waals surface area contributed by atoms with Crippen molar-refractivity contribution >= 4 is 28.8 Å². The van der Waals surface area contributed by atoms with Gasteiger partial charge in [-0.05, 0) is 25.1 Å². The van der Waals surface area contributed by atoms with E-state index in [1.165, 1.54) is 11.3 Å². The molecular formula is C13H19ClN2O2S. The summed E-state index contributed by atoms with van der Waals surface area (Å²) in [4.78, 5) is 15.5. The Morgan fingerprint density at radius 2 is 2.42 bits per heavy atom. The molecule has 1 aliphatic rings. The lowest BCUT2D eigenvalue weighted by Crippen LogP contribution is -2.46. The van der Waals surface area contributed by atoms with E-state index in [1.54, 1.807) is 12.0 Å². The van der Waals surface area contributed by atoms with Crippen molar-refractivity contribution in [2.45, 2.75) is 13.0 Å². The zero-order chi connectivity index (χ0) is 13.9. The minimum absolute atomic E-state index is 0.142. The second-order valence-corrected chi connectivity index (χ2v) is 6.81. The molecule has 2 rings (SSSR count). The summed E-state index contributed by atoms with van der Waals surface area (Å²) in [6.45, 7) is 2.62. The summed E-state index contributed by atoms with van der Waals surface area (Å²) in [5.41, 5.74) is -0.412. The molecule has 106 valence electrons. The molecule has 1 aromatic heterocycles. The average Bonchev–Trinajstić information content (AvgIpc) is 2.99. The second-order valence-electron chi connectivity index (χ2n) is 5.01. The summed E-state index contributed by atoms with van der Waals surface area (Å²) in [6, 6.07) is 3.83. The molecule has 0 aliphatic carbocycles. The first-order chi connectivity index (χ1) is 9.07. The lowest BCUT2D eigenvalue weighted by molar-refractivity contribution is -0.143. The third-order valence-electron chi connectivity index (χ3n) is 3.49. The molecule has 1 unspecified atom stereocenters. The standard InChI is InChI=1S/C13H19ClN2O2S/c1-16(7-10-3-4-11(14)19-10)12(17)13(9-18-2)5-6-15-8-13/h3-4,15H,5-9H2,1-2H3. The normalized spacial score (nSPS) is 22.7. The Labute approximate surface area is 122 Å². The molecule has 19 heavy (non-hydrogen) atoms. The van der Waals surface area contributed by atoms with E-state index in [0.717, 1.165) is 22.2 Å².